The van der Waals surface area contributed by atoms with Gasteiger partial charge in [-0.1, -0.05) is 0 Å². The number of phenolic OH excluding ortho intramolecular Hbond substituents is 1. The molecule has 0 aliphatic heterocycles. The fourth-order valence-electron chi connectivity index (χ4n) is 2.55. The van der Waals surface area contributed by atoms with Crippen LogP contribution in [0.5, 0.6) is 5.75 Å². The third kappa shape index (κ3) is 6.87. The number of carbonyl (C=O) groups is 2. The largest absolute Gasteiger partial charge is 0.508 e. The Hall–Kier alpha value is -3.83. The number of hydrogen-bond acceptors (Lipinski definition) is 6. The zero-order valence-corrected chi connectivity index (χ0v) is 16.3. The van der Waals surface area contributed by atoms with E-state index < -0.39 is 34.2 Å². The average molecular weight is 440 g/mol. The highest BCUT2D eigenvalue weighted by atomic mass is 19.4. The third-order valence-corrected chi connectivity index (χ3v) is 4.13. The van der Waals surface area contributed by atoms with Crippen molar-refractivity contribution in [3.05, 3.63) is 58.1 Å². The Labute approximate surface area is 174 Å². The van der Waals surface area contributed by atoms with Crippen molar-refractivity contribution < 1.29 is 32.8 Å². The molecular formula is C19H19F3N4O5. The van der Waals surface area contributed by atoms with Crippen LogP contribution >= 0.6 is 0 Å². The summed E-state index contributed by atoms with van der Waals surface area (Å²) in [6.45, 7) is -0.352. The topological polar surface area (TPSA) is 125 Å². The number of rotatable bonds is 8. The van der Waals surface area contributed by atoms with Crippen LogP contribution in [-0.4, -0.2) is 46.9 Å². The average Bonchev–Trinajstić information content (AvgIpc) is 2.68. The molecular weight excluding hydrogens is 421 g/mol. The van der Waals surface area contributed by atoms with E-state index in [1.165, 1.54) is 31.3 Å². The van der Waals surface area contributed by atoms with E-state index in [1.807, 2.05) is 0 Å². The molecule has 166 valence electrons. The molecule has 2 amide bonds. The summed E-state index contributed by atoms with van der Waals surface area (Å²) in [5.74, 6) is -0.901. The van der Waals surface area contributed by atoms with Gasteiger partial charge in [0.05, 0.1) is 17.0 Å². The van der Waals surface area contributed by atoms with Gasteiger partial charge in [0.2, 0.25) is 11.8 Å². The number of carbonyl (C=O) groups excluding carboxylic acids is 2. The number of nitrogens with zero attached hydrogens (tertiary/aromatic N) is 2. The molecule has 2 aromatic rings. The van der Waals surface area contributed by atoms with Crippen molar-refractivity contribution in [2.75, 3.05) is 30.8 Å². The molecule has 0 aromatic heterocycles. The van der Waals surface area contributed by atoms with E-state index in [0.29, 0.717) is 17.8 Å². The van der Waals surface area contributed by atoms with Crippen LogP contribution in [0.2, 0.25) is 0 Å². The van der Waals surface area contributed by atoms with Crippen molar-refractivity contribution in [1.82, 2.24) is 4.90 Å². The molecule has 31 heavy (non-hydrogen) atoms. The monoisotopic (exact) mass is 440 g/mol. The summed E-state index contributed by atoms with van der Waals surface area (Å²) >= 11 is 0. The Morgan fingerprint density at radius 2 is 1.81 bits per heavy atom. The summed E-state index contributed by atoms with van der Waals surface area (Å²) in [5.41, 5.74) is -1.64. The number of nitro groups is 1. The number of phenols is 1. The van der Waals surface area contributed by atoms with Crippen LogP contribution in [0.25, 0.3) is 0 Å². The van der Waals surface area contributed by atoms with Crippen molar-refractivity contribution >= 4 is 28.9 Å². The van der Waals surface area contributed by atoms with Gasteiger partial charge < -0.3 is 20.6 Å². The number of halogens is 3. The second-order valence-corrected chi connectivity index (χ2v) is 6.51. The molecule has 2 rings (SSSR count). The van der Waals surface area contributed by atoms with Crippen LogP contribution in [0.1, 0.15) is 12.0 Å². The van der Waals surface area contributed by atoms with E-state index in [2.05, 4.69) is 10.6 Å². The summed E-state index contributed by atoms with van der Waals surface area (Å²) in [7, 11) is 1.39. The Morgan fingerprint density at radius 3 is 2.39 bits per heavy atom. The first-order valence-electron chi connectivity index (χ1n) is 8.89. The second kappa shape index (κ2) is 9.78. The van der Waals surface area contributed by atoms with Gasteiger partial charge in [-0.15, -0.1) is 0 Å². The van der Waals surface area contributed by atoms with Crippen LogP contribution in [0, 0.1) is 10.1 Å². The van der Waals surface area contributed by atoms with Gasteiger partial charge in [-0.2, -0.15) is 13.2 Å². The maximum absolute atomic E-state index is 12.7. The minimum absolute atomic E-state index is 0.0334. The summed E-state index contributed by atoms with van der Waals surface area (Å²) in [6, 6.07) is 7.79. The van der Waals surface area contributed by atoms with Crippen LogP contribution < -0.4 is 10.6 Å². The number of likely N-dealkylation sites (N-methyl/N-ethyl adjacent to an activating group) is 1. The van der Waals surface area contributed by atoms with E-state index >= 15 is 0 Å². The number of hydrogen-bond donors (Lipinski definition) is 3. The Kier molecular flexibility index (Phi) is 7.40. The normalized spacial score (nSPS) is 11.0. The predicted octanol–water partition coefficient (Wildman–Crippen LogP) is 3.22. The lowest BCUT2D eigenvalue weighted by atomic mass is 10.1. The van der Waals surface area contributed by atoms with Crippen molar-refractivity contribution in [3.8, 4) is 5.75 Å². The van der Waals surface area contributed by atoms with Gasteiger partial charge in [0.1, 0.15) is 11.4 Å². The molecule has 0 bridgehead atoms. The molecule has 0 heterocycles. The minimum Gasteiger partial charge on any atom is -0.508 e. The van der Waals surface area contributed by atoms with Crippen LogP contribution in [0.4, 0.5) is 30.2 Å². The lowest BCUT2D eigenvalue weighted by molar-refractivity contribution is -0.384. The van der Waals surface area contributed by atoms with Gasteiger partial charge in [0.15, 0.2) is 0 Å². The maximum atomic E-state index is 12.7. The number of nitrogens with one attached hydrogen (secondary N) is 2. The molecule has 12 heteroatoms. The summed E-state index contributed by atoms with van der Waals surface area (Å²) < 4.78 is 38.2. The van der Waals surface area contributed by atoms with Gasteiger partial charge in [0.25, 0.3) is 5.69 Å². The standard InChI is InChI=1S/C19H19F3N4O5/c1-25(11-17(28)24-13-3-5-14(27)6-4-13)18(29)8-9-23-15-7-2-12(19(20,21)22)10-16(15)26(30)31/h2-7,10,23,27H,8-9,11H2,1H3,(H,24,28). The van der Waals surface area contributed by atoms with Crippen molar-refractivity contribution in [2.45, 2.75) is 12.6 Å². The quantitative estimate of drug-likeness (QED) is 0.329. The molecule has 0 saturated heterocycles. The lowest BCUT2D eigenvalue weighted by Crippen LogP contribution is -2.35. The van der Waals surface area contributed by atoms with E-state index in [1.54, 1.807) is 0 Å². The first kappa shape index (κ1) is 23.4. The molecule has 0 aliphatic carbocycles. The Bertz CT molecular complexity index is 964. The number of alkyl halides is 3. The summed E-state index contributed by atoms with van der Waals surface area (Å²) in [6.07, 6.45) is -4.87. The summed E-state index contributed by atoms with van der Waals surface area (Å²) in [4.78, 5) is 35.4. The molecule has 2 aromatic carbocycles. The predicted molar refractivity (Wildman–Crippen MR) is 106 cm³/mol. The zero-order valence-electron chi connectivity index (χ0n) is 16.3. The van der Waals surface area contributed by atoms with E-state index in [4.69, 9.17) is 0 Å². The number of amides is 2. The van der Waals surface area contributed by atoms with Gasteiger partial charge in [-0.05, 0) is 36.4 Å². The fraction of sp³-hybridized carbons (Fsp3) is 0.263. The number of nitro benzene ring substituents is 1. The smallest absolute Gasteiger partial charge is 0.416 e. The Balaban J connectivity index is 1.88. The van der Waals surface area contributed by atoms with Gasteiger partial charge in [-0.3, -0.25) is 19.7 Å². The number of aromatic hydroxyl groups is 1. The highest BCUT2D eigenvalue weighted by Gasteiger charge is 2.33. The molecule has 0 spiro atoms. The second-order valence-electron chi connectivity index (χ2n) is 6.51. The van der Waals surface area contributed by atoms with Crippen molar-refractivity contribution in [1.29, 1.82) is 0 Å². The van der Waals surface area contributed by atoms with Gasteiger partial charge >= 0.3 is 6.18 Å². The van der Waals surface area contributed by atoms with E-state index in [-0.39, 0.29) is 30.9 Å². The van der Waals surface area contributed by atoms with E-state index in [9.17, 15) is 38.0 Å². The molecule has 3 N–H and O–H groups in total. The first-order chi connectivity index (χ1) is 14.5. The molecule has 0 unspecified atom stereocenters. The van der Waals surface area contributed by atoms with E-state index in [0.717, 1.165) is 11.0 Å². The minimum atomic E-state index is -4.72. The maximum Gasteiger partial charge on any atom is 0.416 e. The third-order valence-electron chi connectivity index (χ3n) is 4.13. The highest BCUT2D eigenvalue weighted by Crippen LogP contribution is 2.34. The molecule has 0 atom stereocenters. The molecule has 0 fully saturated rings. The SMILES string of the molecule is CN(CC(=O)Nc1ccc(O)cc1)C(=O)CCNc1ccc(C(F)(F)F)cc1[N+](=O)[O-]. The first-order valence-corrected chi connectivity index (χ1v) is 8.89. The number of anilines is 2. The molecule has 0 saturated carbocycles. The lowest BCUT2D eigenvalue weighted by Gasteiger charge is -2.17. The van der Waals surface area contributed by atoms with Crippen LogP contribution in [-0.2, 0) is 15.8 Å². The van der Waals surface area contributed by atoms with Crippen molar-refractivity contribution in [3.63, 3.8) is 0 Å². The van der Waals surface area contributed by atoms with Crippen molar-refractivity contribution in [2.24, 2.45) is 0 Å². The summed E-state index contributed by atoms with van der Waals surface area (Å²) in [5, 5.41) is 25.4. The molecule has 9 nitrogen and oxygen atoms in total. The fourth-order valence-corrected chi connectivity index (χ4v) is 2.55. The highest BCUT2D eigenvalue weighted by molar-refractivity contribution is 5.94. The number of benzene rings is 2. The van der Waals surface area contributed by atoms with Crippen LogP contribution in [0.15, 0.2) is 42.5 Å². The van der Waals surface area contributed by atoms with Gasteiger partial charge in [-0.25, -0.2) is 0 Å². The molecule has 0 radical (unpaired) electrons. The van der Waals surface area contributed by atoms with Crippen LogP contribution in [0.3, 0.4) is 0 Å². The molecule has 0 aliphatic rings. The Morgan fingerprint density at radius 1 is 1.16 bits per heavy atom. The van der Waals surface area contributed by atoms with Gasteiger partial charge in [0, 0.05) is 31.8 Å². The zero-order chi connectivity index (χ0) is 23.2.